The van der Waals surface area contributed by atoms with Crippen LogP contribution in [0.25, 0.3) is 0 Å². The Kier molecular flexibility index (Phi) is 3.50. The first-order chi connectivity index (χ1) is 8.01. The van der Waals surface area contributed by atoms with Crippen LogP contribution in [0.5, 0.6) is 0 Å². The van der Waals surface area contributed by atoms with Crippen LogP contribution in [0.15, 0.2) is 24.3 Å². The fourth-order valence-corrected chi connectivity index (χ4v) is 2.33. The van der Waals surface area contributed by atoms with Crippen LogP contribution >= 0.6 is 0 Å². The minimum atomic E-state index is -0.214. The van der Waals surface area contributed by atoms with Crippen LogP contribution in [0, 0.1) is 11.2 Å². The van der Waals surface area contributed by atoms with Crippen LogP contribution in [0.4, 0.5) is 4.39 Å². The molecule has 1 aliphatic rings. The van der Waals surface area contributed by atoms with Gasteiger partial charge in [-0.1, -0.05) is 32.0 Å². The summed E-state index contributed by atoms with van der Waals surface area (Å²) in [7, 11) is 0. The Morgan fingerprint density at radius 2 is 2.12 bits per heavy atom. The van der Waals surface area contributed by atoms with Crippen LogP contribution in [0.2, 0.25) is 0 Å². The van der Waals surface area contributed by atoms with Crippen LogP contribution in [0.3, 0.4) is 0 Å². The second-order valence-corrected chi connectivity index (χ2v) is 5.42. The molecule has 17 heavy (non-hydrogen) atoms. The van der Waals surface area contributed by atoms with Crippen LogP contribution in [0.1, 0.15) is 25.8 Å². The van der Waals surface area contributed by atoms with Crippen LogP contribution in [-0.2, 0) is 6.42 Å². The number of nitrogens with one attached hydrogen (secondary N) is 1. The van der Waals surface area contributed by atoms with Crippen molar-refractivity contribution in [3.05, 3.63) is 35.6 Å². The van der Waals surface area contributed by atoms with E-state index >= 15 is 0 Å². The first-order valence-electron chi connectivity index (χ1n) is 6.16. The quantitative estimate of drug-likeness (QED) is 0.840. The third-order valence-electron chi connectivity index (χ3n) is 3.96. The van der Waals surface area contributed by atoms with Gasteiger partial charge >= 0.3 is 0 Å². The van der Waals surface area contributed by atoms with E-state index in [9.17, 15) is 9.50 Å². The first-order valence-corrected chi connectivity index (χ1v) is 6.16. The molecular weight excluding hydrogens is 217 g/mol. The van der Waals surface area contributed by atoms with Gasteiger partial charge < -0.3 is 10.4 Å². The molecule has 2 unspecified atom stereocenters. The molecule has 0 heterocycles. The van der Waals surface area contributed by atoms with Crippen molar-refractivity contribution < 1.29 is 9.50 Å². The maximum atomic E-state index is 13.4. The lowest BCUT2D eigenvalue weighted by Crippen LogP contribution is -2.60. The normalized spacial score (nSPS) is 26.6. The molecule has 0 saturated heterocycles. The molecule has 2 atom stereocenters. The summed E-state index contributed by atoms with van der Waals surface area (Å²) in [6, 6.07) is 7.21. The number of hydrogen-bond donors (Lipinski definition) is 2. The third-order valence-corrected chi connectivity index (χ3v) is 3.96. The maximum absolute atomic E-state index is 13.4. The Morgan fingerprint density at radius 1 is 1.41 bits per heavy atom. The zero-order chi connectivity index (χ0) is 12.5. The van der Waals surface area contributed by atoms with Gasteiger partial charge in [0.05, 0.1) is 6.10 Å². The largest absolute Gasteiger partial charge is 0.392 e. The van der Waals surface area contributed by atoms with Crippen molar-refractivity contribution >= 4 is 0 Å². The SMILES string of the molecule is CC1(C)C(O)CC1NCCc1ccccc1F. The molecule has 1 aliphatic carbocycles. The molecule has 0 aliphatic heterocycles. The van der Waals surface area contributed by atoms with Gasteiger partial charge in [-0.2, -0.15) is 0 Å². The summed E-state index contributed by atoms with van der Waals surface area (Å²) in [6.45, 7) is 4.87. The van der Waals surface area contributed by atoms with E-state index in [2.05, 4.69) is 19.2 Å². The molecule has 2 nitrogen and oxygen atoms in total. The van der Waals surface area contributed by atoms with Gasteiger partial charge in [-0.3, -0.25) is 0 Å². The molecule has 2 N–H and O–H groups in total. The highest BCUT2D eigenvalue weighted by atomic mass is 19.1. The summed E-state index contributed by atoms with van der Waals surface area (Å²) in [5.41, 5.74) is 0.688. The number of benzene rings is 1. The summed E-state index contributed by atoms with van der Waals surface area (Å²) in [5, 5.41) is 13.0. The third kappa shape index (κ3) is 2.50. The minimum Gasteiger partial charge on any atom is -0.392 e. The maximum Gasteiger partial charge on any atom is 0.126 e. The molecule has 0 bridgehead atoms. The average molecular weight is 237 g/mol. The molecule has 0 aromatic heterocycles. The van der Waals surface area contributed by atoms with Gasteiger partial charge in [0, 0.05) is 11.5 Å². The van der Waals surface area contributed by atoms with Crippen LogP contribution in [-0.4, -0.2) is 23.8 Å². The fraction of sp³-hybridized carbons (Fsp3) is 0.571. The Balaban J connectivity index is 1.80. The highest BCUT2D eigenvalue weighted by Crippen LogP contribution is 2.40. The molecule has 0 amide bonds. The van der Waals surface area contributed by atoms with E-state index in [1.165, 1.54) is 6.07 Å². The van der Waals surface area contributed by atoms with E-state index < -0.39 is 0 Å². The molecule has 0 spiro atoms. The van der Waals surface area contributed by atoms with Gasteiger partial charge in [0.2, 0.25) is 0 Å². The number of halogens is 1. The molecule has 2 rings (SSSR count). The monoisotopic (exact) mass is 237 g/mol. The first kappa shape index (κ1) is 12.5. The Bertz CT molecular complexity index is 392. The zero-order valence-corrected chi connectivity index (χ0v) is 10.4. The van der Waals surface area contributed by atoms with Crippen molar-refractivity contribution in [2.45, 2.75) is 38.8 Å². The molecule has 1 saturated carbocycles. The predicted octanol–water partition coefficient (Wildman–Crippen LogP) is 2.12. The van der Waals surface area contributed by atoms with Crippen molar-refractivity contribution in [1.82, 2.24) is 5.32 Å². The smallest absolute Gasteiger partial charge is 0.126 e. The van der Waals surface area contributed by atoms with Gasteiger partial charge in [0.1, 0.15) is 5.82 Å². The van der Waals surface area contributed by atoms with Crippen molar-refractivity contribution in [3.63, 3.8) is 0 Å². The van der Waals surface area contributed by atoms with Crippen LogP contribution < -0.4 is 5.32 Å². The number of rotatable bonds is 4. The van der Waals surface area contributed by atoms with E-state index in [1.54, 1.807) is 6.07 Å². The van der Waals surface area contributed by atoms with E-state index in [4.69, 9.17) is 0 Å². The summed E-state index contributed by atoms with van der Waals surface area (Å²) in [4.78, 5) is 0. The summed E-state index contributed by atoms with van der Waals surface area (Å²) >= 11 is 0. The molecule has 1 aromatic rings. The number of hydrogen-bond acceptors (Lipinski definition) is 2. The molecule has 1 aromatic carbocycles. The lowest BCUT2D eigenvalue weighted by Gasteiger charge is -2.49. The lowest BCUT2D eigenvalue weighted by atomic mass is 9.64. The second-order valence-electron chi connectivity index (χ2n) is 5.42. The highest BCUT2D eigenvalue weighted by Gasteiger charge is 2.46. The fourth-order valence-electron chi connectivity index (χ4n) is 2.33. The van der Waals surface area contributed by atoms with E-state index in [1.807, 2.05) is 12.1 Å². The number of aliphatic hydroxyl groups excluding tert-OH is 1. The van der Waals surface area contributed by atoms with Crippen molar-refractivity contribution in [2.75, 3.05) is 6.54 Å². The summed E-state index contributed by atoms with van der Waals surface area (Å²) in [6.07, 6.45) is 1.27. The topological polar surface area (TPSA) is 32.3 Å². The Morgan fingerprint density at radius 3 is 2.71 bits per heavy atom. The van der Waals surface area contributed by atoms with E-state index in [0.29, 0.717) is 12.5 Å². The van der Waals surface area contributed by atoms with Crippen molar-refractivity contribution in [3.8, 4) is 0 Å². The van der Waals surface area contributed by atoms with Crippen molar-refractivity contribution in [1.29, 1.82) is 0 Å². The average Bonchev–Trinajstić information content (AvgIpc) is 2.30. The molecule has 94 valence electrons. The summed E-state index contributed by atoms with van der Waals surface area (Å²) < 4.78 is 13.4. The van der Waals surface area contributed by atoms with E-state index in [-0.39, 0.29) is 17.3 Å². The van der Waals surface area contributed by atoms with Gasteiger partial charge in [-0.25, -0.2) is 4.39 Å². The predicted molar refractivity (Wildman–Crippen MR) is 66.3 cm³/mol. The van der Waals surface area contributed by atoms with E-state index in [0.717, 1.165) is 18.5 Å². The molecule has 3 heteroatoms. The zero-order valence-electron chi connectivity index (χ0n) is 10.4. The van der Waals surface area contributed by atoms with Gasteiger partial charge in [0.25, 0.3) is 0 Å². The lowest BCUT2D eigenvalue weighted by molar-refractivity contribution is -0.0720. The summed E-state index contributed by atoms with van der Waals surface area (Å²) in [5.74, 6) is -0.137. The minimum absolute atomic E-state index is 0.0603. The Hall–Kier alpha value is -0.930. The molecular formula is C14H20FNO. The molecule has 0 radical (unpaired) electrons. The Labute approximate surface area is 102 Å². The standard InChI is InChI=1S/C14H20FNO/c1-14(2)12(9-13(14)17)16-8-7-10-5-3-4-6-11(10)15/h3-6,12-13,16-17H,7-9H2,1-2H3. The van der Waals surface area contributed by atoms with Gasteiger partial charge in [-0.05, 0) is 31.0 Å². The highest BCUT2D eigenvalue weighted by molar-refractivity contribution is 5.17. The van der Waals surface area contributed by atoms with Crippen molar-refractivity contribution in [2.24, 2.45) is 5.41 Å². The molecule has 1 fully saturated rings. The number of aliphatic hydroxyl groups is 1. The van der Waals surface area contributed by atoms with Gasteiger partial charge in [0.15, 0.2) is 0 Å². The van der Waals surface area contributed by atoms with Gasteiger partial charge in [-0.15, -0.1) is 0 Å². The second kappa shape index (κ2) is 4.75.